The molecule has 0 saturated carbocycles. The summed E-state index contributed by atoms with van der Waals surface area (Å²) < 4.78 is 0. The lowest BCUT2D eigenvalue weighted by Crippen LogP contribution is -2.13. The summed E-state index contributed by atoms with van der Waals surface area (Å²) in [5.41, 5.74) is 1.36. The third kappa shape index (κ3) is 3.77. The largest absolute Gasteiger partial charge is 0.351 e. The molecule has 0 aliphatic carbocycles. The third-order valence-corrected chi connectivity index (χ3v) is 3.15. The monoisotopic (exact) mass is 227 g/mol. The Morgan fingerprint density at radius 2 is 1.76 bits per heavy atom. The Kier molecular flexibility index (Phi) is 4.43. The topological polar surface area (TPSA) is 3.24 Å². The molecule has 2 rings (SSSR count). The van der Waals surface area contributed by atoms with Crippen LogP contribution in [0, 0.1) is 5.92 Å². The molecule has 0 fully saturated rings. The average molecular weight is 227 g/mol. The van der Waals surface area contributed by atoms with E-state index in [-0.39, 0.29) is 0 Å². The molecule has 1 aromatic rings. The van der Waals surface area contributed by atoms with Crippen LogP contribution in [-0.2, 0) is 6.54 Å². The molecule has 0 aromatic heterocycles. The number of nitrogens with zero attached hydrogens (tertiary/aromatic N) is 1. The summed E-state index contributed by atoms with van der Waals surface area (Å²) in [6.45, 7) is 3.21. The Hall–Kier alpha value is -1.50. The molecule has 17 heavy (non-hydrogen) atoms. The van der Waals surface area contributed by atoms with Crippen LogP contribution in [0.5, 0.6) is 0 Å². The third-order valence-electron chi connectivity index (χ3n) is 3.15. The van der Waals surface area contributed by atoms with Crippen molar-refractivity contribution in [3.8, 4) is 0 Å². The summed E-state index contributed by atoms with van der Waals surface area (Å²) >= 11 is 0. The van der Waals surface area contributed by atoms with Crippen molar-refractivity contribution >= 4 is 0 Å². The van der Waals surface area contributed by atoms with Crippen molar-refractivity contribution in [3.05, 3.63) is 60.4 Å². The molecule has 1 heteroatoms. The lowest BCUT2D eigenvalue weighted by molar-refractivity contribution is 0.474. The van der Waals surface area contributed by atoms with Gasteiger partial charge in [-0.15, -0.1) is 0 Å². The number of benzene rings is 1. The van der Waals surface area contributed by atoms with Crippen molar-refractivity contribution in [1.82, 2.24) is 4.90 Å². The fourth-order valence-electron chi connectivity index (χ4n) is 2.09. The average Bonchev–Trinajstić information content (AvgIpc) is 2.39. The molecule has 90 valence electrons. The van der Waals surface area contributed by atoms with E-state index in [9.17, 15) is 0 Å². The van der Waals surface area contributed by atoms with Gasteiger partial charge in [-0.05, 0) is 17.9 Å². The van der Waals surface area contributed by atoms with Crippen LogP contribution in [0.4, 0.5) is 0 Å². The van der Waals surface area contributed by atoms with Crippen LogP contribution >= 0.6 is 0 Å². The van der Waals surface area contributed by atoms with Crippen molar-refractivity contribution in [1.29, 1.82) is 0 Å². The van der Waals surface area contributed by atoms with E-state index in [1.165, 1.54) is 24.8 Å². The summed E-state index contributed by atoms with van der Waals surface area (Å²) in [6, 6.07) is 10.6. The Bertz CT molecular complexity index is 364. The van der Waals surface area contributed by atoms with Gasteiger partial charge >= 0.3 is 0 Å². The predicted molar refractivity (Wildman–Crippen MR) is 73.3 cm³/mol. The highest BCUT2D eigenvalue weighted by atomic mass is 15.1. The fourth-order valence-corrected chi connectivity index (χ4v) is 2.09. The van der Waals surface area contributed by atoms with E-state index in [1.54, 1.807) is 0 Å². The first-order valence-electron chi connectivity index (χ1n) is 6.55. The summed E-state index contributed by atoms with van der Waals surface area (Å²) in [5, 5.41) is 0. The first-order chi connectivity index (χ1) is 8.38. The molecule has 0 amide bonds. The van der Waals surface area contributed by atoms with Crippen molar-refractivity contribution in [3.63, 3.8) is 0 Å². The number of unbranched alkanes of at least 4 members (excludes halogenated alkanes) is 1. The zero-order valence-electron chi connectivity index (χ0n) is 10.5. The molecule has 1 aromatic carbocycles. The fraction of sp³-hybridized carbons (Fsp3) is 0.375. The van der Waals surface area contributed by atoms with Crippen LogP contribution in [0.3, 0.4) is 0 Å². The molecular weight excluding hydrogens is 206 g/mol. The van der Waals surface area contributed by atoms with Gasteiger partial charge in [-0.1, -0.05) is 62.2 Å². The van der Waals surface area contributed by atoms with Crippen molar-refractivity contribution < 1.29 is 0 Å². The SMILES string of the molecule is CCCCC1C=CN(Cc2ccccc2)C=C1. The van der Waals surface area contributed by atoms with Crippen molar-refractivity contribution in [2.45, 2.75) is 32.7 Å². The van der Waals surface area contributed by atoms with Gasteiger partial charge in [0.25, 0.3) is 0 Å². The van der Waals surface area contributed by atoms with Gasteiger partial charge in [-0.3, -0.25) is 0 Å². The minimum atomic E-state index is 0.641. The highest BCUT2D eigenvalue weighted by Gasteiger charge is 2.06. The van der Waals surface area contributed by atoms with Crippen LogP contribution in [0.25, 0.3) is 0 Å². The summed E-state index contributed by atoms with van der Waals surface area (Å²) in [5.74, 6) is 0.641. The standard InChI is InChI=1S/C16H21N/c1-2-3-7-15-10-12-17(13-11-15)14-16-8-5-4-6-9-16/h4-6,8-13,15H,2-3,7,14H2,1H3. The predicted octanol–water partition coefficient (Wildman–Crippen LogP) is 4.34. The Labute approximate surface area is 104 Å². The summed E-state index contributed by atoms with van der Waals surface area (Å²) in [7, 11) is 0. The van der Waals surface area contributed by atoms with Gasteiger partial charge in [0, 0.05) is 18.9 Å². The van der Waals surface area contributed by atoms with Crippen molar-refractivity contribution in [2.24, 2.45) is 5.92 Å². The molecule has 1 aliphatic rings. The van der Waals surface area contributed by atoms with Gasteiger partial charge in [0.15, 0.2) is 0 Å². The van der Waals surface area contributed by atoms with E-state index in [4.69, 9.17) is 0 Å². The second kappa shape index (κ2) is 6.29. The van der Waals surface area contributed by atoms with E-state index in [0.717, 1.165) is 6.54 Å². The highest BCUT2D eigenvalue weighted by molar-refractivity contribution is 5.17. The number of rotatable bonds is 5. The molecule has 1 aliphatic heterocycles. The van der Waals surface area contributed by atoms with Gasteiger partial charge in [0.05, 0.1) is 0 Å². The van der Waals surface area contributed by atoms with Gasteiger partial charge in [-0.25, -0.2) is 0 Å². The normalized spacial score (nSPS) is 15.5. The van der Waals surface area contributed by atoms with Gasteiger partial charge < -0.3 is 4.90 Å². The van der Waals surface area contributed by atoms with Crippen molar-refractivity contribution in [2.75, 3.05) is 0 Å². The first kappa shape index (κ1) is 12.0. The van der Waals surface area contributed by atoms with E-state index >= 15 is 0 Å². The van der Waals surface area contributed by atoms with Gasteiger partial charge in [0.2, 0.25) is 0 Å². The van der Waals surface area contributed by atoms with Crippen LogP contribution in [0.1, 0.15) is 31.7 Å². The smallest absolute Gasteiger partial charge is 0.0469 e. The molecule has 0 saturated heterocycles. The maximum Gasteiger partial charge on any atom is 0.0469 e. The molecule has 1 nitrogen and oxygen atoms in total. The summed E-state index contributed by atoms with van der Waals surface area (Å²) in [6.07, 6.45) is 12.9. The molecule has 0 atom stereocenters. The van der Waals surface area contributed by atoms with Crippen LogP contribution < -0.4 is 0 Å². The molecule has 0 N–H and O–H groups in total. The van der Waals surface area contributed by atoms with Crippen LogP contribution in [0.2, 0.25) is 0 Å². The number of hydrogen-bond donors (Lipinski definition) is 0. The molecule has 0 unspecified atom stereocenters. The van der Waals surface area contributed by atoms with Gasteiger partial charge in [-0.2, -0.15) is 0 Å². The van der Waals surface area contributed by atoms with Crippen LogP contribution in [0.15, 0.2) is 54.9 Å². The lowest BCUT2D eigenvalue weighted by atomic mass is 10.0. The van der Waals surface area contributed by atoms with E-state index in [2.05, 4.69) is 66.7 Å². The minimum absolute atomic E-state index is 0.641. The van der Waals surface area contributed by atoms with Gasteiger partial charge in [0.1, 0.15) is 0 Å². The Balaban J connectivity index is 1.84. The minimum Gasteiger partial charge on any atom is -0.351 e. The molecule has 0 bridgehead atoms. The molecule has 1 heterocycles. The maximum atomic E-state index is 2.32. The second-order valence-electron chi connectivity index (χ2n) is 4.65. The molecule has 0 radical (unpaired) electrons. The van der Waals surface area contributed by atoms with E-state index in [1.807, 2.05) is 0 Å². The Morgan fingerprint density at radius 3 is 2.41 bits per heavy atom. The van der Waals surface area contributed by atoms with Crippen LogP contribution in [-0.4, -0.2) is 4.90 Å². The molecular formula is C16H21N. The maximum absolute atomic E-state index is 2.32. The number of hydrogen-bond acceptors (Lipinski definition) is 1. The zero-order chi connectivity index (χ0) is 11.9. The highest BCUT2D eigenvalue weighted by Crippen LogP contribution is 2.18. The first-order valence-corrected chi connectivity index (χ1v) is 6.55. The Morgan fingerprint density at radius 1 is 1.06 bits per heavy atom. The zero-order valence-corrected chi connectivity index (χ0v) is 10.5. The number of allylic oxidation sites excluding steroid dienone is 2. The van der Waals surface area contributed by atoms with E-state index < -0.39 is 0 Å². The molecule has 0 spiro atoms. The quantitative estimate of drug-likeness (QED) is 0.723. The lowest BCUT2D eigenvalue weighted by Gasteiger charge is -2.21. The summed E-state index contributed by atoms with van der Waals surface area (Å²) in [4.78, 5) is 2.25. The second-order valence-corrected chi connectivity index (χ2v) is 4.65. The van der Waals surface area contributed by atoms with E-state index in [0.29, 0.717) is 5.92 Å².